The fourth-order valence-corrected chi connectivity index (χ4v) is 1.63. The van der Waals surface area contributed by atoms with E-state index in [-0.39, 0.29) is 5.56 Å². The van der Waals surface area contributed by atoms with Gasteiger partial charge in [0.25, 0.3) is 5.91 Å². The van der Waals surface area contributed by atoms with Crippen LogP contribution in [0.3, 0.4) is 0 Å². The van der Waals surface area contributed by atoms with E-state index in [2.05, 4.69) is 10.5 Å². The molecule has 0 unspecified atom stereocenters. The van der Waals surface area contributed by atoms with Gasteiger partial charge in [-0.1, -0.05) is 41.9 Å². The van der Waals surface area contributed by atoms with E-state index in [4.69, 9.17) is 11.6 Å². The maximum absolute atomic E-state index is 13.3. The van der Waals surface area contributed by atoms with Gasteiger partial charge >= 0.3 is 0 Å². The molecule has 0 aliphatic rings. The summed E-state index contributed by atoms with van der Waals surface area (Å²) in [5.74, 6) is -1.20. The Bertz CT molecular complexity index is 628. The summed E-state index contributed by atoms with van der Waals surface area (Å²) in [6.07, 6.45) is 1.40. The molecule has 0 radical (unpaired) electrons. The van der Waals surface area contributed by atoms with E-state index in [0.29, 0.717) is 10.6 Å². The fraction of sp³-hybridized carbons (Fsp3) is 0. The number of hydrogen-bond acceptors (Lipinski definition) is 2. The van der Waals surface area contributed by atoms with Gasteiger partial charge in [-0.3, -0.25) is 4.79 Å². The lowest BCUT2D eigenvalue weighted by Gasteiger charge is -2.01. The van der Waals surface area contributed by atoms with Crippen LogP contribution in [0.5, 0.6) is 0 Å². The van der Waals surface area contributed by atoms with Crippen LogP contribution in [0, 0.1) is 5.82 Å². The summed E-state index contributed by atoms with van der Waals surface area (Å²) in [5.41, 5.74) is 2.86. The molecule has 2 rings (SSSR count). The number of hydrazone groups is 1. The number of halogens is 2. The molecule has 0 atom stereocenters. The quantitative estimate of drug-likeness (QED) is 0.679. The summed E-state index contributed by atoms with van der Waals surface area (Å²) in [7, 11) is 0. The van der Waals surface area contributed by atoms with Crippen LogP contribution in [-0.4, -0.2) is 12.1 Å². The van der Waals surface area contributed by atoms with Crippen LogP contribution in [0.25, 0.3) is 0 Å². The van der Waals surface area contributed by atoms with E-state index in [1.165, 1.54) is 24.4 Å². The Balaban J connectivity index is 2.06. The van der Waals surface area contributed by atoms with Crippen molar-refractivity contribution in [2.45, 2.75) is 0 Å². The third kappa shape index (κ3) is 3.39. The molecule has 2 aromatic carbocycles. The summed E-state index contributed by atoms with van der Waals surface area (Å²) in [6.45, 7) is 0. The van der Waals surface area contributed by atoms with Crippen molar-refractivity contribution in [3.8, 4) is 0 Å². The summed E-state index contributed by atoms with van der Waals surface area (Å²) >= 11 is 5.92. The van der Waals surface area contributed by atoms with E-state index in [1.54, 1.807) is 30.3 Å². The maximum Gasteiger partial charge on any atom is 0.274 e. The van der Waals surface area contributed by atoms with Crippen LogP contribution >= 0.6 is 11.6 Å². The third-order valence-corrected chi connectivity index (χ3v) is 2.74. The molecule has 0 aliphatic carbocycles. The van der Waals surface area contributed by atoms with Gasteiger partial charge in [-0.25, -0.2) is 9.82 Å². The van der Waals surface area contributed by atoms with Crippen LogP contribution in [-0.2, 0) is 0 Å². The SMILES string of the molecule is O=C(N/N=C\c1ccccc1Cl)c1ccccc1F. The van der Waals surface area contributed by atoms with Crippen molar-refractivity contribution < 1.29 is 9.18 Å². The van der Waals surface area contributed by atoms with Crippen molar-refractivity contribution in [2.75, 3.05) is 0 Å². The Morgan fingerprint density at radius 2 is 1.84 bits per heavy atom. The Hall–Kier alpha value is -2.20. The van der Waals surface area contributed by atoms with Crippen LogP contribution in [0.15, 0.2) is 53.6 Å². The summed E-state index contributed by atoms with van der Waals surface area (Å²) in [6, 6.07) is 12.7. The number of hydrogen-bond donors (Lipinski definition) is 1. The highest BCUT2D eigenvalue weighted by molar-refractivity contribution is 6.33. The number of benzene rings is 2. The van der Waals surface area contributed by atoms with E-state index < -0.39 is 11.7 Å². The maximum atomic E-state index is 13.3. The summed E-state index contributed by atoms with van der Waals surface area (Å²) < 4.78 is 13.3. The molecular weight excluding hydrogens is 267 g/mol. The smallest absolute Gasteiger partial charge is 0.267 e. The number of nitrogens with one attached hydrogen (secondary N) is 1. The molecule has 19 heavy (non-hydrogen) atoms. The van der Waals surface area contributed by atoms with E-state index in [0.717, 1.165) is 0 Å². The van der Waals surface area contributed by atoms with Gasteiger partial charge in [-0.05, 0) is 18.2 Å². The predicted octanol–water partition coefficient (Wildman–Crippen LogP) is 3.24. The molecule has 1 amide bonds. The van der Waals surface area contributed by atoms with Crippen LogP contribution in [0.1, 0.15) is 15.9 Å². The number of nitrogens with zero attached hydrogens (tertiary/aromatic N) is 1. The zero-order valence-corrected chi connectivity index (χ0v) is 10.6. The van der Waals surface area contributed by atoms with Gasteiger partial charge in [0.05, 0.1) is 11.8 Å². The molecule has 5 heteroatoms. The van der Waals surface area contributed by atoms with Crippen molar-refractivity contribution in [3.05, 3.63) is 70.5 Å². The number of amides is 1. The molecule has 0 spiro atoms. The zero-order valence-electron chi connectivity index (χ0n) is 9.81. The van der Waals surface area contributed by atoms with Crippen molar-refractivity contribution in [3.63, 3.8) is 0 Å². The summed E-state index contributed by atoms with van der Waals surface area (Å²) in [4.78, 5) is 11.6. The van der Waals surface area contributed by atoms with Gasteiger partial charge in [-0.2, -0.15) is 5.10 Å². The topological polar surface area (TPSA) is 41.5 Å². The van der Waals surface area contributed by atoms with Crippen molar-refractivity contribution in [1.82, 2.24) is 5.43 Å². The minimum absolute atomic E-state index is 0.0567. The molecule has 0 bridgehead atoms. The fourth-order valence-electron chi connectivity index (χ4n) is 1.45. The Morgan fingerprint density at radius 3 is 2.58 bits per heavy atom. The lowest BCUT2D eigenvalue weighted by molar-refractivity contribution is 0.0951. The first-order valence-electron chi connectivity index (χ1n) is 5.51. The number of carbonyl (C=O) groups excluding carboxylic acids is 1. The van der Waals surface area contributed by atoms with Crippen molar-refractivity contribution >= 4 is 23.7 Å². The second-order valence-corrected chi connectivity index (χ2v) is 4.11. The highest BCUT2D eigenvalue weighted by Gasteiger charge is 2.09. The number of carbonyl (C=O) groups is 1. The van der Waals surface area contributed by atoms with E-state index >= 15 is 0 Å². The van der Waals surface area contributed by atoms with Gasteiger partial charge in [0, 0.05) is 10.6 Å². The average molecular weight is 277 g/mol. The van der Waals surface area contributed by atoms with Crippen molar-refractivity contribution in [1.29, 1.82) is 0 Å². The predicted molar refractivity (Wildman–Crippen MR) is 72.9 cm³/mol. The van der Waals surface area contributed by atoms with Gasteiger partial charge in [0.1, 0.15) is 5.82 Å². The molecule has 0 fully saturated rings. The average Bonchev–Trinajstić information content (AvgIpc) is 2.41. The molecule has 0 heterocycles. The highest BCUT2D eigenvalue weighted by atomic mass is 35.5. The Kier molecular flexibility index (Phi) is 4.26. The minimum atomic E-state index is -0.610. The molecule has 1 N–H and O–H groups in total. The van der Waals surface area contributed by atoms with Gasteiger partial charge in [0.2, 0.25) is 0 Å². The Labute approximate surface area is 114 Å². The molecule has 3 nitrogen and oxygen atoms in total. The second kappa shape index (κ2) is 6.11. The zero-order chi connectivity index (χ0) is 13.7. The molecule has 0 aliphatic heterocycles. The lowest BCUT2D eigenvalue weighted by atomic mass is 10.2. The number of rotatable bonds is 3. The normalized spacial score (nSPS) is 10.6. The third-order valence-electron chi connectivity index (χ3n) is 2.39. The molecule has 0 aromatic heterocycles. The lowest BCUT2D eigenvalue weighted by Crippen LogP contribution is -2.18. The first kappa shape index (κ1) is 13.2. The second-order valence-electron chi connectivity index (χ2n) is 3.70. The first-order valence-corrected chi connectivity index (χ1v) is 5.89. The Morgan fingerprint density at radius 1 is 1.16 bits per heavy atom. The molecule has 2 aromatic rings. The largest absolute Gasteiger partial charge is 0.274 e. The monoisotopic (exact) mass is 276 g/mol. The van der Waals surface area contributed by atoms with E-state index in [1.807, 2.05) is 0 Å². The van der Waals surface area contributed by atoms with Crippen LogP contribution < -0.4 is 5.43 Å². The van der Waals surface area contributed by atoms with Gasteiger partial charge in [0.15, 0.2) is 0 Å². The minimum Gasteiger partial charge on any atom is -0.267 e. The summed E-state index contributed by atoms with van der Waals surface area (Å²) in [5, 5.41) is 4.26. The standard InChI is InChI=1S/C14H10ClFN2O/c15-12-7-3-1-5-10(12)9-17-18-14(19)11-6-2-4-8-13(11)16/h1-9H,(H,18,19)/b17-9-. The molecule has 0 saturated heterocycles. The molecular formula is C14H10ClFN2O. The molecule has 0 saturated carbocycles. The van der Waals surface area contributed by atoms with Crippen LogP contribution in [0.4, 0.5) is 4.39 Å². The van der Waals surface area contributed by atoms with E-state index in [9.17, 15) is 9.18 Å². The van der Waals surface area contributed by atoms with Crippen molar-refractivity contribution in [2.24, 2.45) is 5.10 Å². The highest BCUT2D eigenvalue weighted by Crippen LogP contribution is 2.12. The first-order chi connectivity index (χ1) is 9.18. The van der Waals surface area contributed by atoms with Gasteiger partial charge < -0.3 is 0 Å². The molecule has 96 valence electrons. The van der Waals surface area contributed by atoms with Gasteiger partial charge in [-0.15, -0.1) is 0 Å². The van der Waals surface area contributed by atoms with Crippen LogP contribution in [0.2, 0.25) is 5.02 Å².